The van der Waals surface area contributed by atoms with Crippen LogP contribution < -0.4 is 4.74 Å². The molecule has 1 fully saturated rings. The molecule has 0 radical (unpaired) electrons. The molecule has 1 aromatic carbocycles. The van der Waals surface area contributed by atoms with Gasteiger partial charge in [-0.05, 0) is 25.2 Å². The summed E-state index contributed by atoms with van der Waals surface area (Å²) in [6.07, 6.45) is 0. The van der Waals surface area contributed by atoms with Gasteiger partial charge in [0.05, 0.1) is 18.7 Å². The van der Waals surface area contributed by atoms with Crippen molar-refractivity contribution in [3.05, 3.63) is 29.3 Å². The summed E-state index contributed by atoms with van der Waals surface area (Å²) in [5.74, 6) is 0.868. The first-order chi connectivity index (χ1) is 8.72. The molecular weight excluding hydrogens is 226 g/mol. The molecule has 1 heterocycles. The Kier molecular flexibility index (Phi) is 4.19. The summed E-state index contributed by atoms with van der Waals surface area (Å²) in [5, 5.41) is 8.96. The smallest absolute Gasteiger partial charge is 0.123 e. The maximum atomic E-state index is 8.96. The van der Waals surface area contributed by atoms with Crippen molar-refractivity contribution in [1.29, 1.82) is 5.26 Å². The summed E-state index contributed by atoms with van der Waals surface area (Å²) < 4.78 is 5.36. The van der Waals surface area contributed by atoms with Crippen molar-refractivity contribution in [2.24, 2.45) is 0 Å². The molecule has 0 N–H and O–H groups in total. The van der Waals surface area contributed by atoms with E-state index in [-0.39, 0.29) is 0 Å². The van der Waals surface area contributed by atoms with E-state index in [4.69, 9.17) is 10.00 Å². The van der Waals surface area contributed by atoms with Gasteiger partial charge in [-0.3, -0.25) is 4.90 Å². The number of hydrogen-bond donors (Lipinski definition) is 0. The lowest BCUT2D eigenvalue weighted by molar-refractivity contribution is 0.147. The third-order valence-corrected chi connectivity index (χ3v) is 3.40. The Balaban J connectivity index is 2.10. The zero-order chi connectivity index (χ0) is 13.0. The average molecular weight is 245 g/mol. The van der Waals surface area contributed by atoms with Gasteiger partial charge >= 0.3 is 0 Å². The van der Waals surface area contributed by atoms with E-state index >= 15 is 0 Å². The van der Waals surface area contributed by atoms with Gasteiger partial charge in [0.15, 0.2) is 0 Å². The SMILES string of the molecule is COc1ccc(C#N)cc1CN1CCN(C)CC1. The Hall–Kier alpha value is -1.57. The predicted molar refractivity (Wildman–Crippen MR) is 70.5 cm³/mol. The Morgan fingerprint density at radius 2 is 2.00 bits per heavy atom. The molecule has 0 bridgehead atoms. The lowest BCUT2D eigenvalue weighted by Gasteiger charge is -2.32. The second-order valence-electron chi connectivity index (χ2n) is 4.72. The van der Waals surface area contributed by atoms with Crippen molar-refractivity contribution < 1.29 is 4.74 Å². The first-order valence-corrected chi connectivity index (χ1v) is 6.21. The fourth-order valence-electron chi connectivity index (χ4n) is 2.22. The Labute approximate surface area is 108 Å². The van der Waals surface area contributed by atoms with Crippen molar-refractivity contribution in [3.63, 3.8) is 0 Å². The molecule has 0 unspecified atom stereocenters. The first kappa shape index (κ1) is 12.9. The molecular formula is C14H19N3O. The number of nitriles is 1. The minimum atomic E-state index is 0.694. The van der Waals surface area contributed by atoms with E-state index in [1.54, 1.807) is 13.2 Å². The summed E-state index contributed by atoms with van der Waals surface area (Å²) in [7, 11) is 3.82. The summed E-state index contributed by atoms with van der Waals surface area (Å²) in [6, 6.07) is 7.79. The molecule has 1 aliphatic rings. The van der Waals surface area contributed by atoms with Crippen LogP contribution >= 0.6 is 0 Å². The van der Waals surface area contributed by atoms with Gasteiger partial charge in [0.2, 0.25) is 0 Å². The third kappa shape index (κ3) is 3.00. The van der Waals surface area contributed by atoms with E-state index in [1.165, 1.54) is 0 Å². The van der Waals surface area contributed by atoms with Gasteiger partial charge in [-0.1, -0.05) is 0 Å². The second-order valence-corrected chi connectivity index (χ2v) is 4.72. The minimum absolute atomic E-state index is 0.694. The van der Waals surface area contributed by atoms with Gasteiger partial charge in [-0.15, -0.1) is 0 Å². The van der Waals surface area contributed by atoms with E-state index in [9.17, 15) is 0 Å². The average Bonchev–Trinajstić information content (AvgIpc) is 2.41. The van der Waals surface area contributed by atoms with Crippen LogP contribution in [0.4, 0.5) is 0 Å². The first-order valence-electron chi connectivity index (χ1n) is 6.21. The van der Waals surface area contributed by atoms with Crippen LogP contribution in [0.2, 0.25) is 0 Å². The highest BCUT2D eigenvalue weighted by atomic mass is 16.5. The van der Waals surface area contributed by atoms with Gasteiger partial charge < -0.3 is 9.64 Å². The minimum Gasteiger partial charge on any atom is -0.496 e. The highest BCUT2D eigenvalue weighted by molar-refractivity contribution is 5.42. The standard InChI is InChI=1S/C14H19N3O/c1-16-5-7-17(8-6-16)11-13-9-12(10-15)3-4-14(13)18-2/h3-4,9H,5-8,11H2,1-2H3. The van der Waals surface area contributed by atoms with E-state index < -0.39 is 0 Å². The zero-order valence-corrected chi connectivity index (χ0v) is 11.0. The zero-order valence-electron chi connectivity index (χ0n) is 11.0. The number of piperazine rings is 1. The van der Waals surface area contributed by atoms with E-state index in [1.807, 2.05) is 12.1 Å². The number of methoxy groups -OCH3 is 1. The maximum absolute atomic E-state index is 8.96. The topological polar surface area (TPSA) is 39.5 Å². The number of rotatable bonds is 3. The molecule has 0 aliphatic carbocycles. The highest BCUT2D eigenvalue weighted by Gasteiger charge is 2.15. The van der Waals surface area contributed by atoms with Crippen molar-refractivity contribution in [3.8, 4) is 11.8 Å². The van der Waals surface area contributed by atoms with E-state index in [2.05, 4.69) is 22.9 Å². The molecule has 2 rings (SSSR count). The van der Waals surface area contributed by atoms with Gasteiger partial charge in [0.1, 0.15) is 5.75 Å². The normalized spacial score (nSPS) is 17.4. The van der Waals surface area contributed by atoms with Crippen molar-refractivity contribution >= 4 is 0 Å². The van der Waals surface area contributed by atoms with Gasteiger partial charge in [0.25, 0.3) is 0 Å². The van der Waals surface area contributed by atoms with Crippen LogP contribution in [0.3, 0.4) is 0 Å². The van der Waals surface area contributed by atoms with Crippen LogP contribution in [0.1, 0.15) is 11.1 Å². The van der Waals surface area contributed by atoms with Gasteiger partial charge in [-0.2, -0.15) is 5.26 Å². The molecule has 1 saturated heterocycles. The largest absolute Gasteiger partial charge is 0.496 e. The lowest BCUT2D eigenvalue weighted by atomic mass is 10.1. The Morgan fingerprint density at radius 3 is 2.61 bits per heavy atom. The van der Waals surface area contributed by atoms with Crippen LogP contribution in [0.15, 0.2) is 18.2 Å². The number of benzene rings is 1. The molecule has 96 valence electrons. The summed E-state index contributed by atoms with van der Waals surface area (Å²) >= 11 is 0. The number of ether oxygens (including phenoxy) is 1. The fourth-order valence-corrected chi connectivity index (χ4v) is 2.22. The lowest BCUT2D eigenvalue weighted by Crippen LogP contribution is -2.43. The van der Waals surface area contributed by atoms with Crippen molar-refractivity contribution in [2.45, 2.75) is 6.54 Å². The molecule has 4 nitrogen and oxygen atoms in total. The van der Waals surface area contributed by atoms with Crippen LogP contribution in [-0.2, 0) is 6.54 Å². The van der Waals surface area contributed by atoms with E-state index in [0.717, 1.165) is 44.0 Å². The highest BCUT2D eigenvalue weighted by Crippen LogP contribution is 2.21. The van der Waals surface area contributed by atoms with Crippen LogP contribution in [0.5, 0.6) is 5.75 Å². The Bertz CT molecular complexity index is 445. The monoisotopic (exact) mass is 245 g/mol. The quantitative estimate of drug-likeness (QED) is 0.805. The summed E-state index contributed by atoms with van der Waals surface area (Å²) in [4.78, 5) is 4.73. The second kappa shape index (κ2) is 5.85. The third-order valence-electron chi connectivity index (χ3n) is 3.40. The van der Waals surface area contributed by atoms with Crippen molar-refractivity contribution in [1.82, 2.24) is 9.80 Å². The summed E-state index contributed by atoms with van der Waals surface area (Å²) in [6.45, 7) is 5.18. The molecule has 18 heavy (non-hydrogen) atoms. The van der Waals surface area contributed by atoms with Crippen LogP contribution in [0, 0.1) is 11.3 Å². The molecule has 0 aromatic heterocycles. The molecule has 0 amide bonds. The Morgan fingerprint density at radius 1 is 1.28 bits per heavy atom. The predicted octanol–water partition coefficient (Wildman–Crippen LogP) is 1.31. The van der Waals surface area contributed by atoms with Crippen LogP contribution in [0.25, 0.3) is 0 Å². The molecule has 0 atom stereocenters. The number of nitrogens with zero attached hydrogens (tertiary/aromatic N) is 3. The molecule has 4 heteroatoms. The van der Waals surface area contributed by atoms with Gasteiger partial charge in [0, 0.05) is 38.3 Å². The number of hydrogen-bond acceptors (Lipinski definition) is 4. The number of likely N-dealkylation sites (N-methyl/N-ethyl adjacent to an activating group) is 1. The van der Waals surface area contributed by atoms with Gasteiger partial charge in [-0.25, -0.2) is 0 Å². The maximum Gasteiger partial charge on any atom is 0.123 e. The molecule has 1 aliphatic heterocycles. The summed E-state index contributed by atoms with van der Waals surface area (Å²) in [5.41, 5.74) is 1.79. The molecule has 0 saturated carbocycles. The van der Waals surface area contributed by atoms with Crippen LogP contribution in [-0.4, -0.2) is 50.1 Å². The fraction of sp³-hybridized carbons (Fsp3) is 0.500. The van der Waals surface area contributed by atoms with Crippen molar-refractivity contribution in [2.75, 3.05) is 40.3 Å². The molecule has 1 aromatic rings. The molecule has 0 spiro atoms. The van der Waals surface area contributed by atoms with E-state index in [0.29, 0.717) is 5.56 Å².